The number of amides is 1. The van der Waals surface area contributed by atoms with Gasteiger partial charge >= 0.3 is 0 Å². The molecule has 19 heavy (non-hydrogen) atoms. The van der Waals surface area contributed by atoms with Crippen LogP contribution in [-0.4, -0.2) is 22.8 Å². The van der Waals surface area contributed by atoms with E-state index in [-0.39, 0.29) is 12.4 Å². The van der Waals surface area contributed by atoms with Crippen LogP contribution in [0.2, 0.25) is 5.02 Å². The highest BCUT2D eigenvalue weighted by Gasteiger charge is 2.05. The van der Waals surface area contributed by atoms with Crippen molar-refractivity contribution < 1.29 is 13.9 Å². The van der Waals surface area contributed by atoms with Crippen LogP contribution in [0.3, 0.4) is 0 Å². The molecule has 0 saturated carbocycles. The lowest BCUT2D eigenvalue weighted by molar-refractivity contribution is -0.105. The predicted octanol–water partition coefficient (Wildman–Crippen LogP) is 2.32. The Labute approximate surface area is 113 Å². The fraction of sp³-hybridized carbons (Fsp3) is 0.167. The Kier molecular flexibility index (Phi) is 4.35. The lowest BCUT2D eigenvalue weighted by atomic mass is 10.3. The molecule has 0 aliphatic carbocycles. The summed E-state index contributed by atoms with van der Waals surface area (Å²) < 4.78 is 20.5. The van der Waals surface area contributed by atoms with Crippen LogP contribution >= 0.6 is 11.6 Å². The second kappa shape index (κ2) is 6.19. The molecule has 0 unspecified atom stereocenters. The molecule has 1 N–H and O–H groups in total. The lowest BCUT2D eigenvalue weighted by Gasteiger charge is -2.08. The Hall–Kier alpha value is -2.08. The smallest absolute Gasteiger partial charge is 0.211 e. The molecule has 2 aromatic rings. The lowest BCUT2D eigenvalue weighted by Crippen LogP contribution is -2.09. The van der Waals surface area contributed by atoms with Crippen LogP contribution in [0.4, 0.5) is 10.1 Å². The Morgan fingerprint density at radius 3 is 3.00 bits per heavy atom. The van der Waals surface area contributed by atoms with Crippen LogP contribution in [0.1, 0.15) is 0 Å². The number of nitrogens with one attached hydrogen (secondary N) is 1. The molecule has 7 heteroatoms. The first kappa shape index (κ1) is 13.4. The molecule has 1 aromatic carbocycles. The number of rotatable bonds is 6. The fourth-order valence-electron chi connectivity index (χ4n) is 1.49. The van der Waals surface area contributed by atoms with E-state index >= 15 is 0 Å². The summed E-state index contributed by atoms with van der Waals surface area (Å²) in [6, 6.07) is 4.20. The van der Waals surface area contributed by atoms with Gasteiger partial charge in [0.05, 0.1) is 17.8 Å². The number of hydrogen-bond acceptors (Lipinski definition) is 3. The van der Waals surface area contributed by atoms with Gasteiger partial charge < -0.3 is 10.1 Å². The number of anilines is 1. The minimum atomic E-state index is -0.537. The molecule has 0 saturated heterocycles. The third kappa shape index (κ3) is 3.69. The van der Waals surface area contributed by atoms with Gasteiger partial charge in [-0.15, -0.1) is 0 Å². The third-order valence-corrected chi connectivity index (χ3v) is 2.53. The van der Waals surface area contributed by atoms with Crippen LogP contribution in [0.5, 0.6) is 5.75 Å². The predicted molar refractivity (Wildman–Crippen MR) is 68.8 cm³/mol. The molecule has 100 valence electrons. The van der Waals surface area contributed by atoms with Crippen LogP contribution < -0.4 is 10.1 Å². The molecule has 0 bridgehead atoms. The number of aromatic nitrogens is 2. The average molecular weight is 284 g/mol. The summed E-state index contributed by atoms with van der Waals surface area (Å²) in [7, 11) is 0. The van der Waals surface area contributed by atoms with E-state index in [1.165, 1.54) is 18.3 Å². The van der Waals surface area contributed by atoms with Crippen molar-refractivity contribution in [2.24, 2.45) is 0 Å². The van der Waals surface area contributed by atoms with E-state index in [1.54, 1.807) is 16.9 Å². The summed E-state index contributed by atoms with van der Waals surface area (Å²) in [4.78, 5) is 10.2. The van der Waals surface area contributed by atoms with Gasteiger partial charge in [0.25, 0.3) is 0 Å². The number of carbonyl (C=O) groups is 1. The van der Waals surface area contributed by atoms with Crippen LogP contribution in [-0.2, 0) is 11.3 Å². The van der Waals surface area contributed by atoms with Crippen LogP contribution in [0.25, 0.3) is 0 Å². The van der Waals surface area contributed by atoms with Gasteiger partial charge in [0.15, 0.2) is 11.6 Å². The molecule has 0 radical (unpaired) electrons. The van der Waals surface area contributed by atoms with Gasteiger partial charge in [0.2, 0.25) is 6.41 Å². The molecule has 0 atom stereocenters. The van der Waals surface area contributed by atoms with Crippen molar-refractivity contribution in [2.75, 3.05) is 11.9 Å². The van der Waals surface area contributed by atoms with Crippen molar-refractivity contribution in [3.63, 3.8) is 0 Å². The van der Waals surface area contributed by atoms with E-state index in [9.17, 15) is 9.18 Å². The first-order valence-electron chi connectivity index (χ1n) is 5.49. The third-order valence-electron chi connectivity index (χ3n) is 2.34. The largest absolute Gasteiger partial charge is 0.489 e. The highest BCUT2D eigenvalue weighted by atomic mass is 35.5. The minimum absolute atomic E-state index is 0.120. The van der Waals surface area contributed by atoms with Crippen LogP contribution in [0, 0.1) is 5.82 Å². The highest BCUT2D eigenvalue weighted by molar-refractivity contribution is 6.30. The molecule has 0 aliphatic rings. The average Bonchev–Trinajstić information content (AvgIpc) is 2.78. The van der Waals surface area contributed by atoms with E-state index in [1.807, 2.05) is 0 Å². The van der Waals surface area contributed by atoms with E-state index in [4.69, 9.17) is 16.3 Å². The van der Waals surface area contributed by atoms with Crippen molar-refractivity contribution in [1.82, 2.24) is 9.78 Å². The second-order valence-electron chi connectivity index (χ2n) is 3.68. The van der Waals surface area contributed by atoms with Crippen molar-refractivity contribution in [3.8, 4) is 5.75 Å². The topological polar surface area (TPSA) is 56.1 Å². The van der Waals surface area contributed by atoms with Gasteiger partial charge in [-0.1, -0.05) is 11.6 Å². The quantitative estimate of drug-likeness (QED) is 0.828. The van der Waals surface area contributed by atoms with Crippen molar-refractivity contribution in [2.45, 2.75) is 6.54 Å². The van der Waals surface area contributed by atoms with Gasteiger partial charge in [-0.25, -0.2) is 4.39 Å². The summed E-state index contributed by atoms with van der Waals surface area (Å²) in [5, 5.41) is 6.86. The van der Waals surface area contributed by atoms with E-state index in [2.05, 4.69) is 10.4 Å². The summed E-state index contributed by atoms with van der Waals surface area (Å²) >= 11 is 5.71. The highest BCUT2D eigenvalue weighted by Crippen LogP contribution is 2.20. The maximum Gasteiger partial charge on any atom is 0.211 e. The van der Waals surface area contributed by atoms with E-state index in [0.717, 1.165) is 0 Å². The molecule has 1 aromatic heterocycles. The number of hydrogen-bond donors (Lipinski definition) is 1. The van der Waals surface area contributed by atoms with Crippen molar-refractivity contribution in [1.29, 1.82) is 0 Å². The summed E-state index contributed by atoms with van der Waals surface area (Å²) in [5.41, 5.74) is 0.374. The van der Waals surface area contributed by atoms with Gasteiger partial charge in [-0.2, -0.15) is 5.10 Å². The van der Waals surface area contributed by atoms with E-state index in [0.29, 0.717) is 23.7 Å². The molecule has 0 fully saturated rings. The van der Waals surface area contributed by atoms with Gasteiger partial charge in [0, 0.05) is 18.0 Å². The Morgan fingerprint density at radius 2 is 2.37 bits per heavy atom. The summed E-state index contributed by atoms with van der Waals surface area (Å²) in [6.07, 6.45) is 3.65. The minimum Gasteiger partial charge on any atom is -0.489 e. The monoisotopic (exact) mass is 283 g/mol. The second-order valence-corrected chi connectivity index (χ2v) is 4.11. The zero-order valence-corrected chi connectivity index (χ0v) is 10.6. The fourth-order valence-corrected chi connectivity index (χ4v) is 1.64. The molecule has 0 spiro atoms. The summed E-state index contributed by atoms with van der Waals surface area (Å²) in [5.74, 6) is -0.417. The zero-order valence-electron chi connectivity index (χ0n) is 9.85. The van der Waals surface area contributed by atoms with Gasteiger partial charge in [-0.05, 0) is 12.1 Å². The first-order chi connectivity index (χ1) is 9.19. The Balaban J connectivity index is 1.90. The zero-order chi connectivity index (χ0) is 13.7. The number of carbonyl (C=O) groups excluding carboxylic acids is 1. The van der Waals surface area contributed by atoms with E-state index < -0.39 is 5.82 Å². The maximum absolute atomic E-state index is 13.6. The number of halogens is 2. The molecular formula is C12H11ClFN3O2. The van der Waals surface area contributed by atoms with Gasteiger partial charge in [0.1, 0.15) is 6.61 Å². The molecule has 1 amide bonds. The summed E-state index contributed by atoms with van der Waals surface area (Å²) in [6.45, 7) is 0.718. The van der Waals surface area contributed by atoms with Crippen LogP contribution in [0.15, 0.2) is 30.6 Å². The number of benzene rings is 1. The van der Waals surface area contributed by atoms with Crippen molar-refractivity contribution >= 4 is 23.7 Å². The molecule has 2 rings (SSSR count). The molecule has 1 heterocycles. The molecule has 0 aliphatic heterocycles. The van der Waals surface area contributed by atoms with Gasteiger partial charge in [-0.3, -0.25) is 9.48 Å². The number of ether oxygens (including phenoxy) is 1. The Bertz CT molecular complexity index is 574. The number of nitrogens with zero attached hydrogens (tertiary/aromatic N) is 2. The van der Waals surface area contributed by atoms with Crippen molar-refractivity contribution in [3.05, 3.63) is 41.4 Å². The molecule has 5 nitrogen and oxygen atoms in total. The first-order valence-corrected chi connectivity index (χ1v) is 5.87. The maximum atomic E-state index is 13.6. The Morgan fingerprint density at radius 1 is 1.53 bits per heavy atom. The standard InChI is InChI=1S/C12H11ClFN3O2/c13-9-6-16-17(7-9)3-4-19-12-2-1-10(15-8-18)5-11(12)14/h1-2,5-8H,3-4H2,(H,15,18). The normalized spacial score (nSPS) is 10.2. The SMILES string of the molecule is O=CNc1ccc(OCCn2cc(Cl)cn2)c(F)c1. The molecular weight excluding hydrogens is 273 g/mol.